The maximum Gasteiger partial charge on any atom is 0.253 e. The zero-order chi connectivity index (χ0) is 16.0. The molecule has 1 saturated carbocycles. The van der Waals surface area contributed by atoms with Crippen LogP contribution in [0, 0.1) is 12.3 Å². The molecule has 6 heteroatoms. The van der Waals surface area contributed by atoms with Gasteiger partial charge in [-0.15, -0.1) is 23.2 Å². The summed E-state index contributed by atoms with van der Waals surface area (Å²) in [5, 5.41) is 2.82. The van der Waals surface area contributed by atoms with E-state index in [-0.39, 0.29) is 11.8 Å². The molecule has 0 spiro atoms. The van der Waals surface area contributed by atoms with E-state index >= 15 is 0 Å². The topological polar surface area (TPSA) is 49.4 Å². The summed E-state index contributed by atoms with van der Waals surface area (Å²) in [7, 11) is 3.36. The maximum absolute atomic E-state index is 12.3. The van der Waals surface area contributed by atoms with Crippen molar-refractivity contribution < 1.29 is 9.59 Å². The molecule has 0 aromatic heterocycles. The number of aryl methyl sites for hydroxylation is 1. The molecule has 0 radical (unpaired) electrons. The highest BCUT2D eigenvalue weighted by Gasteiger charge is 2.67. The van der Waals surface area contributed by atoms with Gasteiger partial charge in [0.25, 0.3) is 5.91 Å². The second-order valence-corrected chi connectivity index (χ2v) is 7.38. The molecule has 2 amide bonds. The van der Waals surface area contributed by atoms with Crippen LogP contribution in [0.4, 0.5) is 5.69 Å². The number of hydrogen-bond acceptors (Lipinski definition) is 2. The van der Waals surface area contributed by atoms with Crippen molar-refractivity contribution in [3.63, 3.8) is 0 Å². The van der Waals surface area contributed by atoms with Crippen molar-refractivity contribution in [2.75, 3.05) is 19.4 Å². The SMILES string of the molecule is Cc1ccc(C(=O)N(C)C)cc1NC(=O)[C@@]1(C)CC1(Cl)Cl. The summed E-state index contributed by atoms with van der Waals surface area (Å²) in [5.41, 5.74) is 1.21. The predicted molar refractivity (Wildman–Crippen MR) is 85.0 cm³/mol. The zero-order valence-electron chi connectivity index (χ0n) is 12.5. The van der Waals surface area contributed by atoms with Crippen LogP contribution >= 0.6 is 23.2 Å². The Hall–Kier alpha value is -1.26. The van der Waals surface area contributed by atoms with E-state index in [1.165, 1.54) is 4.90 Å². The molecule has 1 aliphatic carbocycles. The second kappa shape index (κ2) is 5.18. The van der Waals surface area contributed by atoms with Crippen molar-refractivity contribution in [1.82, 2.24) is 4.90 Å². The number of alkyl halides is 2. The van der Waals surface area contributed by atoms with Crippen molar-refractivity contribution in [3.8, 4) is 0 Å². The van der Waals surface area contributed by atoms with E-state index in [4.69, 9.17) is 23.2 Å². The van der Waals surface area contributed by atoms with Crippen LogP contribution in [0.1, 0.15) is 29.3 Å². The van der Waals surface area contributed by atoms with Gasteiger partial charge in [-0.05, 0) is 38.0 Å². The zero-order valence-corrected chi connectivity index (χ0v) is 14.0. The molecule has 0 bridgehead atoms. The highest BCUT2D eigenvalue weighted by Crippen LogP contribution is 2.64. The van der Waals surface area contributed by atoms with Crippen LogP contribution in [0.3, 0.4) is 0 Å². The number of benzene rings is 1. The van der Waals surface area contributed by atoms with Crippen LogP contribution in [-0.2, 0) is 4.79 Å². The van der Waals surface area contributed by atoms with E-state index in [9.17, 15) is 9.59 Å². The first-order valence-electron chi connectivity index (χ1n) is 6.60. The third-order valence-electron chi connectivity index (χ3n) is 3.90. The number of amides is 2. The molecular weight excluding hydrogens is 311 g/mol. The summed E-state index contributed by atoms with van der Waals surface area (Å²) in [5.74, 6) is -0.350. The van der Waals surface area contributed by atoms with E-state index in [0.29, 0.717) is 17.7 Å². The Morgan fingerprint density at radius 1 is 1.29 bits per heavy atom. The molecule has 1 aromatic rings. The number of carbonyl (C=O) groups excluding carboxylic acids is 2. The van der Waals surface area contributed by atoms with Crippen LogP contribution in [-0.4, -0.2) is 35.1 Å². The Kier molecular flexibility index (Phi) is 3.98. The summed E-state index contributed by atoms with van der Waals surface area (Å²) >= 11 is 12.0. The quantitative estimate of drug-likeness (QED) is 0.866. The van der Waals surface area contributed by atoms with Gasteiger partial charge < -0.3 is 10.2 Å². The smallest absolute Gasteiger partial charge is 0.253 e. The fourth-order valence-electron chi connectivity index (χ4n) is 2.05. The Labute approximate surface area is 134 Å². The normalized spacial score (nSPS) is 22.6. The molecule has 1 N–H and O–H groups in total. The van der Waals surface area contributed by atoms with E-state index in [0.717, 1.165) is 5.56 Å². The number of nitrogens with one attached hydrogen (secondary N) is 1. The van der Waals surface area contributed by atoms with E-state index in [1.54, 1.807) is 39.2 Å². The molecule has 0 aliphatic heterocycles. The van der Waals surface area contributed by atoms with Gasteiger partial charge in [-0.1, -0.05) is 6.07 Å². The van der Waals surface area contributed by atoms with Crippen molar-refractivity contribution in [2.24, 2.45) is 5.41 Å². The molecule has 0 unspecified atom stereocenters. The van der Waals surface area contributed by atoms with Crippen LogP contribution in [0.5, 0.6) is 0 Å². The molecule has 4 nitrogen and oxygen atoms in total. The van der Waals surface area contributed by atoms with Gasteiger partial charge in [0.2, 0.25) is 5.91 Å². The van der Waals surface area contributed by atoms with Gasteiger partial charge in [-0.3, -0.25) is 9.59 Å². The number of rotatable bonds is 3. The maximum atomic E-state index is 12.3. The average Bonchev–Trinajstić information content (AvgIpc) is 2.91. The summed E-state index contributed by atoms with van der Waals surface area (Å²) < 4.78 is -1.01. The van der Waals surface area contributed by atoms with Gasteiger partial charge in [-0.25, -0.2) is 0 Å². The molecule has 21 heavy (non-hydrogen) atoms. The molecule has 1 aliphatic rings. The highest BCUT2D eigenvalue weighted by atomic mass is 35.5. The number of nitrogens with zero attached hydrogens (tertiary/aromatic N) is 1. The Morgan fingerprint density at radius 3 is 2.33 bits per heavy atom. The third kappa shape index (κ3) is 2.87. The van der Waals surface area contributed by atoms with E-state index in [1.807, 2.05) is 6.92 Å². The number of hydrogen-bond donors (Lipinski definition) is 1. The lowest BCUT2D eigenvalue weighted by atomic mass is 10.1. The Morgan fingerprint density at radius 2 is 1.86 bits per heavy atom. The third-order valence-corrected chi connectivity index (χ3v) is 5.00. The van der Waals surface area contributed by atoms with Crippen molar-refractivity contribution in [2.45, 2.75) is 24.6 Å². The van der Waals surface area contributed by atoms with Crippen LogP contribution in [0.25, 0.3) is 0 Å². The Bertz CT molecular complexity index is 614. The average molecular weight is 329 g/mol. The minimum Gasteiger partial charge on any atom is -0.345 e. The number of halogens is 2. The lowest BCUT2D eigenvalue weighted by Gasteiger charge is -2.16. The van der Waals surface area contributed by atoms with E-state index < -0.39 is 9.75 Å². The first-order valence-corrected chi connectivity index (χ1v) is 7.36. The summed E-state index contributed by atoms with van der Waals surface area (Å²) in [4.78, 5) is 25.8. The minimum atomic E-state index is -1.01. The highest BCUT2D eigenvalue weighted by molar-refractivity contribution is 6.53. The first-order chi connectivity index (χ1) is 9.58. The Balaban J connectivity index is 2.23. The number of carbonyl (C=O) groups is 2. The molecule has 0 heterocycles. The van der Waals surface area contributed by atoms with Crippen LogP contribution in [0.15, 0.2) is 18.2 Å². The van der Waals surface area contributed by atoms with Gasteiger partial charge in [-0.2, -0.15) is 0 Å². The molecule has 1 atom stereocenters. The van der Waals surface area contributed by atoms with Crippen LogP contribution in [0.2, 0.25) is 0 Å². The molecular formula is C15H18Cl2N2O2. The molecule has 1 fully saturated rings. The van der Waals surface area contributed by atoms with Crippen molar-refractivity contribution in [3.05, 3.63) is 29.3 Å². The fraction of sp³-hybridized carbons (Fsp3) is 0.467. The molecule has 2 rings (SSSR count). The van der Waals surface area contributed by atoms with Gasteiger partial charge in [0.05, 0.1) is 5.41 Å². The van der Waals surface area contributed by atoms with Gasteiger partial charge in [0.15, 0.2) is 0 Å². The lowest BCUT2D eigenvalue weighted by Crippen LogP contribution is -2.27. The second-order valence-electron chi connectivity index (χ2n) is 5.90. The summed E-state index contributed by atoms with van der Waals surface area (Å²) in [6.07, 6.45) is 0.421. The van der Waals surface area contributed by atoms with E-state index in [2.05, 4.69) is 5.32 Å². The van der Waals surface area contributed by atoms with Gasteiger partial charge >= 0.3 is 0 Å². The molecule has 1 aromatic carbocycles. The van der Waals surface area contributed by atoms with Crippen LogP contribution < -0.4 is 5.32 Å². The molecule has 0 saturated heterocycles. The summed E-state index contributed by atoms with van der Waals surface area (Å²) in [6, 6.07) is 5.21. The summed E-state index contributed by atoms with van der Waals surface area (Å²) in [6.45, 7) is 3.59. The van der Waals surface area contributed by atoms with Gasteiger partial charge in [0, 0.05) is 25.3 Å². The largest absolute Gasteiger partial charge is 0.345 e. The fourth-order valence-corrected chi connectivity index (χ4v) is 2.76. The first kappa shape index (κ1) is 16.1. The standard InChI is InChI=1S/C15H18Cl2N2O2/c1-9-5-6-10(12(20)19(3)4)7-11(9)18-13(21)14(2)8-15(14,16)17/h5-7H,8H2,1-4H3,(H,18,21)/t14-/m1/s1. The van der Waals surface area contributed by atoms with Gasteiger partial charge in [0.1, 0.15) is 4.33 Å². The van der Waals surface area contributed by atoms with Crippen molar-refractivity contribution >= 4 is 40.7 Å². The monoisotopic (exact) mass is 328 g/mol. The minimum absolute atomic E-state index is 0.118. The molecule has 114 valence electrons. The van der Waals surface area contributed by atoms with Crippen molar-refractivity contribution in [1.29, 1.82) is 0 Å². The number of anilines is 1. The lowest BCUT2D eigenvalue weighted by molar-refractivity contribution is -0.120. The predicted octanol–water partition coefficient (Wildman–Crippen LogP) is 3.22.